The van der Waals surface area contributed by atoms with Crippen LogP contribution in [0.15, 0.2) is 58.2 Å². The first-order valence-electron chi connectivity index (χ1n) is 16.1. The number of phenolic OH excluding ortho intramolecular Hbond substituents is 2. The monoisotopic (exact) mass is 630 g/mol. The molecule has 4 atom stereocenters. The van der Waals surface area contributed by atoms with Gasteiger partial charge in [-0.2, -0.15) is 0 Å². The highest BCUT2D eigenvalue weighted by Crippen LogP contribution is 2.68. The van der Waals surface area contributed by atoms with Gasteiger partial charge in [0.15, 0.2) is 22.8 Å². The van der Waals surface area contributed by atoms with Gasteiger partial charge in [-0.1, -0.05) is 47.1 Å². The fraction of sp³-hybridized carbons (Fsp3) is 0.500. The molecule has 1 saturated carbocycles. The standard InChI is InChI=1S/C38H46O8/c1-20(2)10-9-11-22(5)13-15-25-30(39)26(14-12-21(3)4)33-29(31(25)40)32(41)27-18-24-19-28-36(7,8)46-37(34(24)42,38(27,28)45-33)17-16-23(6)35(43)44/h10,12-13,16,18,24,28,39-40H,9,11,14-15,17,19H2,1-8H3,(H,43,44)/b22-13+,23-16+. The van der Waals surface area contributed by atoms with E-state index in [0.717, 1.165) is 24.0 Å². The molecular formula is C38H46O8. The van der Waals surface area contributed by atoms with Crippen LogP contribution in [0.25, 0.3) is 0 Å². The third-order valence-electron chi connectivity index (χ3n) is 10.2. The highest BCUT2D eigenvalue weighted by Gasteiger charge is 2.81. The van der Waals surface area contributed by atoms with E-state index in [1.807, 2.05) is 46.8 Å². The zero-order chi connectivity index (χ0) is 33.9. The molecule has 46 heavy (non-hydrogen) atoms. The molecular weight excluding hydrogens is 584 g/mol. The van der Waals surface area contributed by atoms with Crippen molar-refractivity contribution >= 4 is 17.5 Å². The van der Waals surface area contributed by atoms with Crippen molar-refractivity contribution in [3.63, 3.8) is 0 Å². The number of carboxylic acids is 1. The van der Waals surface area contributed by atoms with Crippen molar-refractivity contribution in [2.75, 3.05) is 0 Å². The number of rotatable bonds is 10. The second kappa shape index (κ2) is 11.7. The van der Waals surface area contributed by atoms with E-state index in [2.05, 4.69) is 19.9 Å². The molecule has 0 amide bonds. The molecule has 0 aromatic heterocycles. The maximum atomic E-state index is 14.7. The molecule has 1 spiro atoms. The van der Waals surface area contributed by atoms with Gasteiger partial charge >= 0.3 is 5.97 Å². The molecule has 1 saturated heterocycles. The second-order valence-electron chi connectivity index (χ2n) is 14.4. The molecule has 1 aromatic rings. The average molecular weight is 631 g/mol. The summed E-state index contributed by atoms with van der Waals surface area (Å²) in [6, 6.07) is 0. The van der Waals surface area contributed by atoms with Crippen LogP contribution in [0.5, 0.6) is 17.2 Å². The zero-order valence-electron chi connectivity index (χ0n) is 28.2. The number of benzene rings is 1. The van der Waals surface area contributed by atoms with Crippen LogP contribution >= 0.6 is 0 Å². The number of hydrogen-bond donors (Lipinski definition) is 3. The van der Waals surface area contributed by atoms with E-state index in [1.165, 1.54) is 18.6 Å². The summed E-state index contributed by atoms with van der Waals surface area (Å²) in [6.45, 7) is 15.2. The predicted octanol–water partition coefficient (Wildman–Crippen LogP) is 7.27. The third-order valence-corrected chi connectivity index (χ3v) is 10.2. The van der Waals surface area contributed by atoms with Crippen molar-refractivity contribution in [2.45, 2.75) is 111 Å². The minimum atomic E-state index is -1.67. The Hall–Kier alpha value is -3.91. The number of Topliss-reactive ketones (excluding diaryl/α,β-unsaturated/α-hetero) is 2. The van der Waals surface area contributed by atoms with Crippen molar-refractivity contribution in [1.82, 2.24) is 0 Å². The van der Waals surface area contributed by atoms with Crippen LogP contribution in [0, 0.1) is 11.8 Å². The lowest BCUT2D eigenvalue weighted by Gasteiger charge is -2.56. The van der Waals surface area contributed by atoms with Crippen LogP contribution < -0.4 is 4.74 Å². The SMILES string of the molecule is CC(C)=CCC/C(C)=C/Cc1c(O)c(CC=C(C)C)c2c(c1O)C(=O)C1=CC3CC4C(C)(C)OC(C/C=C(\C)C(=O)O)(C3=O)C14O2. The summed E-state index contributed by atoms with van der Waals surface area (Å²) in [4.78, 5) is 40.6. The third kappa shape index (κ3) is 5.05. The molecule has 4 unspecified atom stereocenters. The summed E-state index contributed by atoms with van der Waals surface area (Å²) >= 11 is 0. The summed E-state index contributed by atoms with van der Waals surface area (Å²) in [5.41, 5.74) is 0.0623. The highest BCUT2D eigenvalue weighted by atomic mass is 16.6. The van der Waals surface area contributed by atoms with E-state index in [0.29, 0.717) is 12.0 Å². The molecule has 0 radical (unpaired) electrons. The molecule has 8 nitrogen and oxygen atoms in total. The van der Waals surface area contributed by atoms with Gasteiger partial charge in [-0.05, 0) is 87.5 Å². The minimum absolute atomic E-state index is 0.0259. The number of carbonyl (C=O) groups is 3. The molecule has 2 fully saturated rings. The number of hydrogen-bond acceptors (Lipinski definition) is 7. The summed E-state index contributed by atoms with van der Waals surface area (Å²) in [7, 11) is 0. The molecule has 1 aromatic carbocycles. The lowest BCUT2D eigenvalue weighted by atomic mass is 9.51. The topological polar surface area (TPSA) is 130 Å². The van der Waals surface area contributed by atoms with E-state index in [1.54, 1.807) is 6.08 Å². The number of carboxylic acid groups (broad SMARTS) is 1. The zero-order valence-corrected chi connectivity index (χ0v) is 28.2. The fourth-order valence-electron chi connectivity index (χ4n) is 7.80. The molecule has 2 aliphatic heterocycles. The summed E-state index contributed by atoms with van der Waals surface area (Å²) in [6.07, 6.45) is 11.6. The lowest BCUT2D eigenvalue weighted by molar-refractivity contribution is -0.171. The van der Waals surface area contributed by atoms with Gasteiger partial charge in [-0.3, -0.25) is 9.59 Å². The summed E-state index contributed by atoms with van der Waals surface area (Å²) in [5, 5.41) is 33.0. The summed E-state index contributed by atoms with van der Waals surface area (Å²) < 4.78 is 13.6. The normalized spacial score (nSPS) is 27.4. The van der Waals surface area contributed by atoms with Crippen LogP contribution in [-0.2, 0) is 27.2 Å². The van der Waals surface area contributed by atoms with Crippen molar-refractivity contribution in [1.29, 1.82) is 0 Å². The maximum Gasteiger partial charge on any atom is 0.330 e. The van der Waals surface area contributed by atoms with Crippen molar-refractivity contribution in [3.8, 4) is 17.2 Å². The van der Waals surface area contributed by atoms with Crippen LogP contribution in [-0.4, -0.2) is 49.7 Å². The van der Waals surface area contributed by atoms with E-state index in [-0.39, 0.29) is 64.6 Å². The number of allylic oxidation sites excluding steroid dienone is 7. The second-order valence-corrected chi connectivity index (χ2v) is 14.4. The summed E-state index contributed by atoms with van der Waals surface area (Å²) in [5.74, 6) is -3.33. The molecule has 246 valence electrons. The van der Waals surface area contributed by atoms with Crippen LogP contribution in [0.1, 0.15) is 103 Å². The molecule has 5 aliphatic rings. The van der Waals surface area contributed by atoms with Gasteiger partial charge in [0.1, 0.15) is 22.8 Å². The van der Waals surface area contributed by atoms with E-state index >= 15 is 0 Å². The minimum Gasteiger partial charge on any atom is -0.507 e. The number of aliphatic carboxylic acids is 1. The first kappa shape index (κ1) is 33.5. The Kier molecular flexibility index (Phi) is 8.52. The predicted molar refractivity (Wildman–Crippen MR) is 175 cm³/mol. The number of phenols is 2. The van der Waals surface area contributed by atoms with Crippen LogP contribution in [0.4, 0.5) is 0 Å². The highest BCUT2D eigenvalue weighted by molar-refractivity contribution is 6.18. The Morgan fingerprint density at radius 3 is 2.22 bits per heavy atom. The van der Waals surface area contributed by atoms with Gasteiger partial charge in [0.25, 0.3) is 0 Å². The number of ether oxygens (including phenoxy) is 2. The van der Waals surface area contributed by atoms with Crippen molar-refractivity contribution < 1.29 is 39.2 Å². The molecule has 3 aliphatic carbocycles. The van der Waals surface area contributed by atoms with E-state index in [4.69, 9.17) is 9.47 Å². The number of carbonyl (C=O) groups excluding carboxylic acids is 2. The Morgan fingerprint density at radius 2 is 1.59 bits per heavy atom. The van der Waals surface area contributed by atoms with Gasteiger partial charge in [0.2, 0.25) is 0 Å². The van der Waals surface area contributed by atoms with Gasteiger partial charge in [-0.15, -0.1) is 0 Å². The number of ketones is 2. The molecule has 3 N–H and O–H groups in total. The fourth-order valence-corrected chi connectivity index (χ4v) is 7.80. The van der Waals surface area contributed by atoms with Gasteiger partial charge in [0, 0.05) is 40.5 Å². The molecule has 4 bridgehead atoms. The molecule has 8 heteroatoms. The maximum absolute atomic E-state index is 14.7. The van der Waals surface area contributed by atoms with Crippen LogP contribution in [0.2, 0.25) is 0 Å². The molecule has 6 rings (SSSR count). The Balaban J connectivity index is 1.71. The van der Waals surface area contributed by atoms with Gasteiger partial charge < -0.3 is 24.8 Å². The molecule has 2 heterocycles. The van der Waals surface area contributed by atoms with Gasteiger partial charge in [-0.25, -0.2) is 4.79 Å². The smallest absolute Gasteiger partial charge is 0.330 e. The first-order chi connectivity index (χ1) is 21.5. The Morgan fingerprint density at radius 1 is 0.935 bits per heavy atom. The van der Waals surface area contributed by atoms with Gasteiger partial charge in [0.05, 0.1) is 5.60 Å². The van der Waals surface area contributed by atoms with Crippen molar-refractivity contribution in [3.05, 3.63) is 74.9 Å². The first-order valence-corrected chi connectivity index (χ1v) is 16.1. The number of aromatic hydroxyl groups is 2. The quantitative estimate of drug-likeness (QED) is 0.182. The largest absolute Gasteiger partial charge is 0.507 e. The average Bonchev–Trinajstić information content (AvgIpc) is 3.12. The Bertz CT molecular complexity index is 1670. The number of fused-ring (bicyclic) bond motifs is 1. The van der Waals surface area contributed by atoms with Crippen molar-refractivity contribution in [2.24, 2.45) is 11.8 Å². The Labute approximate surface area is 271 Å². The van der Waals surface area contributed by atoms with E-state index < -0.39 is 40.4 Å². The van der Waals surface area contributed by atoms with E-state index in [9.17, 15) is 29.7 Å². The van der Waals surface area contributed by atoms with Crippen LogP contribution in [0.3, 0.4) is 0 Å². The lowest BCUT2D eigenvalue weighted by Crippen LogP contribution is -2.72.